The van der Waals surface area contributed by atoms with Crippen molar-refractivity contribution in [1.29, 1.82) is 0 Å². The molecule has 0 aliphatic carbocycles. The molecule has 1 rings (SSSR count). The van der Waals surface area contributed by atoms with Crippen molar-refractivity contribution in [3.8, 4) is 0 Å². The molecule has 1 heterocycles. The second-order valence-corrected chi connectivity index (χ2v) is 5.09. The van der Waals surface area contributed by atoms with Gasteiger partial charge >= 0.3 is 0 Å². The smallest absolute Gasteiger partial charge is 0.164 e. The van der Waals surface area contributed by atoms with Crippen LogP contribution in [0.4, 0.5) is 0 Å². The van der Waals surface area contributed by atoms with Crippen molar-refractivity contribution >= 4 is 28.5 Å². The standard InChI is InChI=1S/C10H18N4OS2/c1-4-14(5-2)6-7-16-10(11-15)9-8(3)12-17-13-9/h15H,4-7H2,1-3H3/b11-10-. The summed E-state index contributed by atoms with van der Waals surface area (Å²) in [4.78, 5) is 2.33. The molecule has 96 valence electrons. The minimum absolute atomic E-state index is 0.559. The predicted molar refractivity (Wildman–Crippen MR) is 73.2 cm³/mol. The Kier molecular flexibility index (Phi) is 6.46. The van der Waals surface area contributed by atoms with Gasteiger partial charge in [0, 0.05) is 12.3 Å². The van der Waals surface area contributed by atoms with E-state index < -0.39 is 0 Å². The Morgan fingerprint density at radius 1 is 1.41 bits per heavy atom. The molecule has 0 aliphatic heterocycles. The van der Waals surface area contributed by atoms with E-state index in [1.165, 1.54) is 11.8 Å². The van der Waals surface area contributed by atoms with Crippen LogP contribution in [-0.4, -0.2) is 49.3 Å². The van der Waals surface area contributed by atoms with E-state index in [9.17, 15) is 0 Å². The molecule has 0 radical (unpaired) electrons. The summed E-state index contributed by atoms with van der Waals surface area (Å²) in [5, 5.41) is 12.9. The van der Waals surface area contributed by atoms with Gasteiger partial charge in [-0.1, -0.05) is 30.8 Å². The Morgan fingerprint density at radius 2 is 2.12 bits per heavy atom. The summed E-state index contributed by atoms with van der Waals surface area (Å²) in [7, 11) is 0. The van der Waals surface area contributed by atoms with E-state index in [0.717, 1.165) is 42.8 Å². The van der Waals surface area contributed by atoms with Crippen molar-refractivity contribution in [2.75, 3.05) is 25.4 Å². The lowest BCUT2D eigenvalue weighted by Crippen LogP contribution is -2.25. The first-order valence-corrected chi connectivity index (χ1v) is 7.31. The van der Waals surface area contributed by atoms with Crippen LogP contribution in [0, 0.1) is 6.92 Å². The summed E-state index contributed by atoms with van der Waals surface area (Å²) in [6.45, 7) is 9.22. The van der Waals surface area contributed by atoms with Crippen molar-refractivity contribution in [1.82, 2.24) is 13.6 Å². The molecule has 0 saturated heterocycles. The molecule has 0 amide bonds. The Bertz CT molecular complexity index is 363. The number of nitrogens with zero attached hydrogens (tertiary/aromatic N) is 4. The maximum atomic E-state index is 8.99. The fraction of sp³-hybridized carbons (Fsp3) is 0.700. The van der Waals surface area contributed by atoms with Gasteiger partial charge in [-0.25, -0.2) is 0 Å². The SMILES string of the molecule is CCN(CC)CCS/C(=N\O)c1nsnc1C. The largest absolute Gasteiger partial charge is 0.410 e. The number of hydrogen-bond acceptors (Lipinski definition) is 7. The number of aryl methyl sites for hydroxylation is 1. The second-order valence-electron chi connectivity index (χ2n) is 3.48. The van der Waals surface area contributed by atoms with Gasteiger partial charge in [-0.3, -0.25) is 0 Å². The summed E-state index contributed by atoms with van der Waals surface area (Å²) in [6.07, 6.45) is 0. The van der Waals surface area contributed by atoms with Gasteiger partial charge in [0.1, 0.15) is 5.69 Å². The molecule has 0 aromatic carbocycles. The highest BCUT2D eigenvalue weighted by Gasteiger charge is 2.13. The molecule has 0 fully saturated rings. The van der Waals surface area contributed by atoms with Crippen LogP contribution in [0.1, 0.15) is 25.2 Å². The molecule has 7 heteroatoms. The zero-order valence-corrected chi connectivity index (χ0v) is 12.0. The molecule has 1 aromatic rings. The highest BCUT2D eigenvalue weighted by molar-refractivity contribution is 8.14. The first kappa shape index (κ1) is 14.4. The average molecular weight is 274 g/mol. The fourth-order valence-electron chi connectivity index (χ4n) is 1.38. The molecule has 0 atom stereocenters. The van der Waals surface area contributed by atoms with Crippen LogP contribution in [0.15, 0.2) is 5.16 Å². The van der Waals surface area contributed by atoms with Gasteiger partial charge in [-0.15, -0.1) is 0 Å². The van der Waals surface area contributed by atoms with Crippen LogP contribution >= 0.6 is 23.5 Å². The summed E-state index contributed by atoms with van der Waals surface area (Å²) in [5.41, 5.74) is 1.51. The highest BCUT2D eigenvalue weighted by atomic mass is 32.2. The lowest BCUT2D eigenvalue weighted by molar-refractivity contribution is 0.320. The molecule has 0 saturated carbocycles. The molecular formula is C10H18N4OS2. The van der Waals surface area contributed by atoms with Crippen molar-refractivity contribution in [2.24, 2.45) is 5.16 Å². The number of aromatic nitrogens is 2. The Hall–Kier alpha value is -0.660. The van der Waals surface area contributed by atoms with Crippen LogP contribution in [-0.2, 0) is 0 Å². The summed E-state index contributed by atoms with van der Waals surface area (Å²) < 4.78 is 8.21. The third-order valence-electron chi connectivity index (χ3n) is 2.49. The van der Waals surface area contributed by atoms with E-state index in [4.69, 9.17) is 5.21 Å². The Balaban J connectivity index is 2.47. The number of hydrogen-bond donors (Lipinski definition) is 1. The minimum atomic E-state index is 0.559. The van der Waals surface area contributed by atoms with E-state index in [1.54, 1.807) is 0 Å². The monoisotopic (exact) mass is 274 g/mol. The van der Waals surface area contributed by atoms with Crippen LogP contribution in [0.25, 0.3) is 0 Å². The van der Waals surface area contributed by atoms with Gasteiger partial charge < -0.3 is 10.1 Å². The quantitative estimate of drug-likeness (QED) is 0.372. The number of rotatable bonds is 6. The highest BCUT2D eigenvalue weighted by Crippen LogP contribution is 2.15. The molecule has 0 spiro atoms. The summed E-state index contributed by atoms with van der Waals surface area (Å²) in [5.74, 6) is 0.887. The minimum Gasteiger partial charge on any atom is -0.410 e. The first-order chi connectivity index (χ1) is 8.22. The average Bonchev–Trinajstić information content (AvgIpc) is 2.76. The van der Waals surface area contributed by atoms with Crippen LogP contribution in [0.3, 0.4) is 0 Å². The van der Waals surface area contributed by atoms with E-state index in [2.05, 4.69) is 32.7 Å². The lowest BCUT2D eigenvalue weighted by atomic mass is 10.4. The van der Waals surface area contributed by atoms with E-state index in [0.29, 0.717) is 10.7 Å². The topological polar surface area (TPSA) is 61.6 Å². The molecule has 0 bridgehead atoms. The van der Waals surface area contributed by atoms with E-state index >= 15 is 0 Å². The zero-order valence-electron chi connectivity index (χ0n) is 10.4. The van der Waals surface area contributed by atoms with Gasteiger partial charge in [0.05, 0.1) is 17.4 Å². The molecule has 0 aliphatic rings. The Morgan fingerprint density at radius 3 is 2.59 bits per heavy atom. The molecule has 1 N–H and O–H groups in total. The predicted octanol–water partition coefficient (Wildman–Crippen LogP) is 2.06. The van der Waals surface area contributed by atoms with Crippen LogP contribution in [0.2, 0.25) is 0 Å². The maximum Gasteiger partial charge on any atom is 0.164 e. The molecular weight excluding hydrogens is 256 g/mol. The van der Waals surface area contributed by atoms with Crippen LogP contribution in [0.5, 0.6) is 0 Å². The normalized spacial score (nSPS) is 12.4. The second kappa shape index (κ2) is 7.62. The summed E-state index contributed by atoms with van der Waals surface area (Å²) in [6, 6.07) is 0. The first-order valence-electron chi connectivity index (χ1n) is 5.59. The van der Waals surface area contributed by atoms with Crippen molar-refractivity contribution in [3.63, 3.8) is 0 Å². The van der Waals surface area contributed by atoms with Gasteiger partial charge in [-0.2, -0.15) is 8.75 Å². The van der Waals surface area contributed by atoms with Crippen molar-refractivity contribution < 1.29 is 5.21 Å². The molecule has 1 aromatic heterocycles. The van der Waals surface area contributed by atoms with Crippen molar-refractivity contribution in [3.05, 3.63) is 11.4 Å². The molecule has 5 nitrogen and oxygen atoms in total. The number of oxime groups is 1. The molecule has 17 heavy (non-hydrogen) atoms. The van der Waals surface area contributed by atoms with Gasteiger partial charge in [-0.05, 0) is 20.0 Å². The maximum absolute atomic E-state index is 8.99. The zero-order chi connectivity index (χ0) is 12.7. The summed E-state index contributed by atoms with van der Waals surface area (Å²) >= 11 is 2.66. The van der Waals surface area contributed by atoms with Crippen molar-refractivity contribution in [2.45, 2.75) is 20.8 Å². The Labute approximate surface area is 110 Å². The fourth-order valence-corrected chi connectivity index (χ4v) is 2.92. The van der Waals surface area contributed by atoms with E-state index in [-0.39, 0.29) is 0 Å². The lowest BCUT2D eigenvalue weighted by Gasteiger charge is -2.17. The third kappa shape index (κ3) is 4.25. The third-order valence-corrected chi connectivity index (χ3v) is 4.04. The van der Waals surface area contributed by atoms with Crippen LogP contribution < -0.4 is 0 Å². The number of thioether (sulfide) groups is 1. The van der Waals surface area contributed by atoms with Gasteiger partial charge in [0.15, 0.2) is 5.04 Å². The van der Waals surface area contributed by atoms with Gasteiger partial charge in [0.2, 0.25) is 0 Å². The van der Waals surface area contributed by atoms with Gasteiger partial charge in [0.25, 0.3) is 0 Å². The van der Waals surface area contributed by atoms with E-state index in [1.807, 2.05) is 6.92 Å². The molecule has 0 unspecified atom stereocenters.